The van der Waals surface area contributed by atoms with E-state index in [0.29, 0.717) is 27.9 Å². The van der Waals surface area contributed by atoms with Gasteiger partial charge in [0.05, 0.1) is 30.7 Å². The van der Waals surface area contributed by atoms with Crippen LogP contribution in [0.15, 0.2) is 34.0 Å². The fraction of sp³-hybridized carbons (Fsp3) is 0.312. The summed E-state index contributed by atoms with van der Waals surface area (Å²) in [5.74, 6) is -0.221. The van der Waals surface area contributed by atoms with Crippen molar-refractivity contribution in [1.29, 1.82) is 0 Å². The number of benzene rings is 1. The quantitative estimate of drug-likeness (QED) is 0.382. The molecule has 2 aromatic rings. The number of thiazole rings is 1. The Hall–Kier alpha value is -1.91. The van der Waals surface area contributed by atoms with Crippen LogP contribution in [0.4, 0.5) is 5.69 Å². The highest BCUT2D eigenvalue weighted by atomic mass is 32.2. The van der Waals surface area contributed by atoms with Crippen LogP contribution in [0.5, 0.6) is 0 Å². The molecule has 0 aliphatic rings. The lowest BCUT2D eigenvalue weighted by Crippen LogP contribution is -2.10. The summed E-state index contributed by atoms with van der Waals surface area (Å²) in [5.41, 5.74) is 1.51. The zero-order chi connectivity index (χ0) is 19.2. The molecule has 1 aromatic heterocycles. The number of hydrogen-bond donors (Lipinski definition) is 1. The normalized spacial score (nSPS) is 11.2. The second-order valence-electron chi connectivity index (χ2n) is 5.25. The van der Waals surface area contributed by atoms with Crippen LogP contribution in [0.25, 0.3) is 0 Å². The summed E-state index contributed by atoms with van der Waals surface area (Å²) in [6.07, 6.45) is 1.18. The van der Waals surface area contributed by atoms with Gasteiger partial charge in [0.15, 0.2) is 10.1 Å². The first kappa shape index (κ1) is 20.4. The van der Waals surface area contributed by atoms with E-state index in [1.165, 1.54) is 23.1 Å². The number of esters is 1. The molecule has 0 spiro atoms. The molecule has 0 atom stereocenters. The molecule has 7 nitrogen and oxygen atoms in total. The molecule has 0 aliphatic carbocycles. The van der Waals surface area contributed by atoms with Gasteiger partial charge in [0, 0.05) is 16.6 Å². The third-order valence-corrected chi connectivity index (χ3v) is 5.67. The van der Waals surface area contributed by atoms with E-state index < -0.39 is 10.0 Å². The van der Waals surface area contributed by atoms with E-state index >= 15 is 0 Å². The van der Waals surface area contributed by atoms with Crippen molar-refractivity contribution in [1.82, 2.24) is 4.98 Å². The minimum Gasteiger partial charge on any atom is -0.466 e. The van der Waals surface area contributed by atoms with Gasteiger partial charge in [-0.25, -0.2) is 13.4 Å². The summed E-state index contributed by atoms with van der Waals surface area (Å²) in [6.45, 7) is 2.08. The molecule has 1 aromatic carbocycles. The average molecular weight is 415 g/mol. The lowest BCUT2D eigenvalue weighted by Gasteiger charge is -2.05. The molecule has 26 heavy (non-hydrogen) atoms. The molecule has 0 radical (unpaired) electrons. The third-order valence-electron chi connectivity index (χ3n) is 3.00. The Balaban J connectivity index is 1.88. The lowest BCUT2D eigenvalue weighted by atomic mass is 10.1. The fourth-order valence-corrected chi connectivity index (χ4v) is 4.25. The van der Waals surface area contributed by atoms with E-state index in [1.54, 1.807) is 36.6 Å². The van der Waals surface area contributed by atoms with Gasteiger partial charge in [-0.2, -0.15) is 0 Å². The van der Waals surface area contributed by atoms with Gasteiger partial charge in [-0.05, 0) is 31.2 Å². The first-order valence-corrected chi connectivity index (χ1v) is 11.4. The van der Waals surface area contributed by atoms with Crippen LogP contribution in [0.1, 0.15) is 23.0 Å². The summed E-state index contributed by atoms with van der Waals surface area (Å²) >= 11 is 2.66. The maximum Gasteiger partial charge on any atom is 0.311 e. The van der Waals surface area contributed by atoms with E-state index in [1.807, 2.05) is 0 Å². The summed E-state index contributed by atoms with van der Waals surface area (Å²) in [5, 5.41) is 1.77. The number of Topliss-reactive ketones (excluding diaryl/α,β-unsaturated/α-hetero) is 1. The predicted molar refractivity (Wildman–Crippen MR) is 102 cm³/mol. The minimum atomic E-state index is -3.35. The van der Waals surface area contributed by atoms with Gasteiger partial charge < -0.3 is 4.74 Å². The van der Waals surface area contributed by atoms with Gasteiger partial charge >= 0.3 is 5.97 Å². The molecule has 2 rings (SSSR count). The average Bonchev–Trinajstić information content (AvgIpc) is 2.99. The van der Waals surface area contributed by atoms with Gasteiger partial charge in [-0.15, -0.1) is 11.3 Å². The Labute approximate surface area is 160 Å². The van der Waals surface area contributed by atoms with Gasteiger partial charge in [-0.3, -0.25) is 14.3 Å². The maximum atomic E-state index is 12.2. The number of thioether (sulfide) groups is 1. The molecule has 140 valence electrons. The molecule has 0 aliphatic heterocycles. The molecule has 1 heterocycles. The minimum absolute atomic E-state index is 0.0944. The van der Waals surface area contributed by atoms with Crippen molar-refractivity contribution in [3.63, 3.8) is 0 Å². The van der Waals surface area contributed by atoms with Crippen molar-refractivity contribution < 1.29 is 22.7 Å². The molecule has 0 saturated heterocycles. The number of anilines is 1. The van der Waals surface area contributed by atoms with Crippen LogP contribution in [0, 0.1) is 0 Å². The van der Waals surface area contributed by atoms with Crippen molar-refractivity contribution in [2.24, 2.45) is 0 Å². The van der Waals surface area contributed by atoms with Crippen LogP contribution in [0.2, 0.25) is 0 Å². The summed E-state index contributed by atoms with van der Waals surface area (Å²) in [4.78, 5) is 28.0. The van der Waals surface area contributed by atoms with Gasteiger partial charge in [-0.1, -0.05) is 11.8 Å². The number of rotatable bonds is 9. The highest BCUT2D eigenvalue weighted by molar-refractivity contribution is 8.01. The Morgan fingerprint density at radius 1 is 1.27 bits per heavy atom. The molecule has 1 N–H and O–H groups in total. The first-order chi connectivity index (χ1) is 12.3. The van der Waals surface area contributed by atoms with Gasteiger partial charge in [0.1, 0.15) is 0 Å². The van der Waals surface area contributed by atoms with Crippen LogP contribution < -0.4 is 4.72 Å². The number of nitrogens with one attached hydrogen (secondary N) is 1. The molecule has 10 heteroatoms. The lowest BCUT2D eigenvalue weighted by molar-refractivity contribution is -0.142. The molecule has 0 saturated carbocycles. The molecule has 0 amide bonds. The standard InChI is InChI=1S/C16H18N2O5S3/c1-3-23-15(20)8-13-9-24-16(17-13)25-10-14(19)11-4-6-12(7-5-11)18-26(2,21)22/h4-7,9,18H,3,8,10H2,1-2H3. The van der Waals surface area contributed by atoms with Crippen molar-refractivity contribution >= 4 is 50.6 Å². The second kappa shape index (κ2) is 9.15. The highest BCUT2D eigenvalue weighted by Gasteiger charge is 2.12. The number of sulfonamides is 1. The number of carbonyl (C=O) groups is 2. The Bertz CT molecular complexity index is 876. The Morgan fingerprint density at radius 2 is 1.96 bits per heavy atom. The smallest absolute Gasteiger partial charge is 0.311 e. The summed E-state index contributed by atoms with van der Waals surface area (Å²) in [7, 11) is -3.35. The van der Waals surface area contributed by atoms with E-state index in [4.69, 9.17) is 4.74 Å². The van der Waals surface area contributed by atoms with Crippen molar-refractivity contribution in [3.8, 4) is 0 Å². The van der Waals surface area contributed by atoms with Crippen LogP contribution in [-0.4, -0.2) is 43.8 Å². The number of ketones is 1. The monoisotopic (exact) mass is 414 g/mol. The fourth-order valence-electron chi connectivity index (χ4n) is 1.94. The molecule has 0 unspecified atom stereocenters. The highest BCUT2D eigenvalue weighted by Crippen LogP contribution is 2.24. The van der Waals surface area contributed by atoms with E-state index in [-0.39, 0.29) is 23.9 Å². The SMILES string of the molecule is CCOC(=O)Cc1csc(SCC(=O)c2ccc(NS(C)(=O)=O)cc2)n1. The van der Waals surface area contributed by atoms with E-state index in [0.717, 1.165) is 6.26 Å². The van der Waals surface area contributed by atoms with Gasteiger partial charge in [0.25, 0.3) is 0 Å². The first-order valence-electron chi connectivity index (χ1n) is 7.60. The van der Waals surface area contributed by atoms with Crippen LogP contribution in [0.3, 0.4) is 0 Å². The predicted octanol–water partition coefficient (Wildman–Crippen LogP) is 2.60. The summed E-state index contributed by atoms with van der Waals surface area (Å²) in [6, 6.07) is 6.23. The zero-order valence-corrected chi connectivity index (χ0v) is 16.7. The van der Waals surface area contributed by atoms with E-state index in [2.05, 4.69) is 9.71 Å². The Morgan fingerprint density at radius 3 is 2.58 bits per heavy atom. The maximum absolute atomic E-state index is 12.2. The molecular formula is C16H18N2O5S3. The van der Waals surface area contributed by atoms with Crippen molar-refractivity contribution in [2.75, 3.05) is 23.3 Å². The number of nitrogens with zero attached hydrogens (tertiary/aromatic N) is 1. The topological polar surface area (TPSA) is 102 Å². The van der Waals surface area contributed by atoms with Crippen LogP contribution >= 0.6 is 23.1 Å². The van der Waals surface area contributed by atoms with E-state index in [9.17, 15) is 18.0 Å². The number of aromatic nitrogens is 1. The Kier molecular flexibility index (Phi) is 7.18. The molecule has 0 fully saturated rings. The van der Waals surface area contributed by atoms with Crippen molar-refractivity contribution in [3.05, 3.63) is 40.9 Å². The largest absolute Gasteiger partial charge is 0.466 e. The molecular weight excluding hydrogens is 396 g/mol. The second-order valence-corrected chi connectivity index (χ2v) is 9.08. The number of hydrogen-bond acceptors (Lipinski definition) is 8. The summed E-state index contributed by atoms with van der Waals surface area (Å²) < 4.78 is 30.3. The zero-order valence-electron chi connectivity index (χ0n) is 14.2. The third kappa shape index (κ3) is 6.77. The van der Waals surface area contributed by atoms with Crippen molar-refractivity contribution in [2.45, 2.75) is 17.7 Å². The molecule has 0 bridgehead atoms. The number of ether oxygens (including phenoxy) is 1. The van der Waals surface area contributed by atoms with Crippen LogP contribution in [-0.2, 0) is 26.0 Å². The number of carbonyl (C=O) groups excluding carboxylic acids is 2. The van der Waals surface area contributed by atoms with Gasteiger partial charge in [0.2, 0.25) is 10.0 Å².